The van der Waals surface area contributed by atoms with Crippen LogP contribution in [0.4, 0.5) is 26.3 Å². The topological polar surface area (TPSA) is 26.0 Å². The molecule has 0 aliphatic carbocycles. The number of aromatic nitrogens is 1. The summed E-state index contributed by atoms with van der Waals surface area (Å²) in [4.78, 5) is 3.46. The third-order valence-corrected chi connectivity index (χ3v) is 2.27. The van der Waals surface area contributed by atoms with E-state index in [1.165, 1.54) is 0 Å². The van der Waals surface area contributed by atoms with Crippen LogP contribution in [0.3, 0.4) is 0 Å². The molecular weight excluding hydrogens is 276 g/mol. The predicted molar refractivity (Wildman–Crippen MR) is 50.8 cm³/mol. The Morgan fingerprint density at radius 1 is 0.947 bits per heavy atom. The van der Waals surface area contributed by atoms with Crippen molar-refractivity contribution in [3.05, 3.63) is 41.8 Å². The standard InChI is InChI=1S/C11H4F6NO/c12-10(13,14)7-2-1-6(9-18-3-4-19-9)5-8(7)11(15,16)17/h1-2,4-5H. The minimum Gasteiger partial charge on any atom is -0.444 e. The zero-order valence-corrected chi connectivity index (χ0v) is 8.93. The number of hydrogen-bond acceptors (Lipinski definition) is 2. The quantitative estimate of drug-likeness (QED) is 0.732. The second-order valence-corrected chi connectivity index (χ2v) is 3.54. The number of alkyl halides is 6. The fraction of sp³-hybridized carbons (Fsp3) is 0.182. The number of benzene rings is 1. The second-order valence-electron chi connectivity index (χ2n) is 3.54. The van der Waals surface area contributed by atoms with Crippen molar-refractivity contribution >= 4 is 0 Å². The maximum Gasteiger partial charge on any atom is 0.417 e. The minimum atomic E-state index is -5.13. The fourth-order valence-electron chi connectivity index (χ4n) is 1.49. The van der Waals surface area contributed by atoms with E-state index in [1.807, 2.05) is 0 Å². The largest absolute Gasteiger partial charge is 0.444 e. The first-order valence-electron chi connectivity index (χ1n) is 4.80. The molecule has 101 valence electrons. The Bertz CT molecular complexity index is 570. The highest BCUT2D eigenvalue weighted by Gasteiger charge is 2.43. The molecule has 0 amide bonds. The van der Waals surface area contributed by atoms with Gasteiger partial charge in [-0.15, -0.1) is 0 Å². The van der Waals surface area contributed by atoms with Gasteiger partial charge < -0.3 is 4.42 Å². The molecule has 0 bridgehead atoms. The van der Waals surface area contributed by atoms with Crippen LogP contribution < -0.4 is 0 Å². The van der Waals surface area contributed by atoms with E-state index < -0.39 is 23.5 Å². The van der Waals surface area contributed by atoms with Crippen molar-refractivity contribution in [1.29, 1.82) is 0 Å². The summed E-state index contributed by atoms with van der Waals surface area (Å²) in [5.74, 6) is -0.237. The van der Waals surface area contributed by atoms with E-state index in [4.69, 9.17) is 4.42 Å². The smallest absolute Gasteiger partial charge is 0.417 e. The van der Waals surface area contributed by atoms with Gasteiger partial charge in [0.1, 0.15) is 12.5 Å². The fourth-order valence-corrected chi connectivity index (χ4v) is 1.49. The van der Waals surface area contributed by atoms with E-state index in [0.29, 0.717) is 12.1 Å². The SMILES string of the molecule is FC(F)(F)c1ccc(-c2n[c]co2)cc1C(F)(F)F. The lowest BCUT2D eigenvalue weighted by molar-refractivity contribution is -0.162. The lowest BCUT2D eigenvalue weighted by Gasteiger charge is -2.15. The Kier molecular flexibility index (Phi) is 3.03. The van der Waals surface area contributed by atoms with Gasteiger partial charge in [-0.25, -0.2) is 4.98 Å². The summed E-state index contributed by atoms with van der Waals surface area (Å²) in [6.45, 7) is 0. The molecule has 0 N–H and O–H groups in total. The highest BCUT2D eigenvalue weighted by Crippen LogP contribution is 2.41. The van der Waals surface area contributed by atoms with Crippen molar-refractivity contribution < 1.29 is 30.8 Å². The van der Waals surface area contributed by atoms with Crippen LogP contribution in [-0.4, -0.2) is 4.98 Å². The average Bonchev–Trinajstić information content (AvgIpc) is 2.79. The van der Waals surface area contributed by atoms with Crippen LogP contribution in [0.5, 0.6) is 0 Å². The van der Waals surface area contributed by atoms with Crippen LogP contribution in [0.25, 0.3) is 11.5 Å². The molecule has 2 rings (SSSR count). The number of hydrogen-bond donors (Lipinski definition) is 0. The van der Waals surface area contributed by atoms with Crippen LogP contribution >= 0.6 is 0 Å². The molecule has 0 aliphatic rings. The first-order valence-corrected chi connectivity index (χ1v) is 4.80. The number of oxazole rings is 1. The van der Waals surface area contributed by atoms with Gasteiger partial charge in [0.25, 0.3) is 0 Å². The second kappa shape index (κ2) is 4.29. The van der Waals surface area contributed by atoms with E-state index in [9.17, 15) is 26.3 Å². The maximum absolute atomic E-state index is 12.6. The molecule has 0 fully saturated rings. The molecule has 1 heterocycles. The van der Waals surface area contributed by atoms with Gasteiger partial charge in [0, 0.05) is 5.56 Å². The Morgan fingerprint density at radius 3 is 2.05 bits per heavy atom. The normalized spacial score (nSPS) is 12.7. The van der Waals surface area contributed by atoms with Crippen molar-refractivity contribution in [2.75, 3.05) is 0 Å². The molecule has 0 unspecified atom stereocenters. The third kappa shape index (κ3) is 2.72. The number of halogens is 6. The molecule has 0 atom stereocenters. The molecule has 0 aliphatic heterocycles. The molecular formula is C11H4F6NO. The maximum atomic E-state index is 12.6. The molecule has 19 heavy (non-hydrogen) atoms. The van der Waals surface area contributed by atoms with Crippen molar-refractivity contribution in [1.82, 2.24) is 4.98 Å². The Balaban J connectivity index is 2.61. The van der Waals surface area contributed by atoms with E-state index in [2.05, 4.69) is 11.2 Å². The van der Waals surface area contributed by atoms with Gasteiger partial charge in [0.05, 0.1) is 11.1 Å². The van der Waals surface area contributed by atoms with Crippen molar-refractivity contribution in [3.63, 3.8) is 0 Å². The summed E-state index contributed by atoms with van der Waals surface area (Å²) in [7, 11) is 0. The lowest BCUT2D eigenvalue weighted by Crippen LogP contribution is -2.16. The molecule has 1 aromatic carbocycles. The van der Waals surface area contributed by atoms with Crippen molar-refractivity contribution in [3.8, 4) is 11.5 Å². The van der Waals surface area contributed by atoms with E-state index in [1.54, 1.807) is 0 Å². The molecule has 1 radical (unpaired) electrons. The highest BCUT2D eigenvalue weighted by atomic mass is 19.4. The van der Waals surface area contributed by atoms with Crippen LogP contribution in [0.2, 0.25) is 0 Å². The molecule has 8 heteroatoms. The van der Waals surface area contributed by atoms with Crippen molar-refractivity contribution in [2.24, 2.45) is 0 Å². The van der Waals surface area contributed by atoms with Gasteiger partial charge in [0.15, 0.2) is 0 Å². The van der Waals surface area contributed by atoms with Gasteiger partial charge in [0.2, 0.25) is 5.89 Å². The predicted octanol–water partition coefficient (Wildman–Crippen LogP) is 4.18. The highest BCUT2D eigenvalue weighted by molar-refractivity contribution is 5.56. The molecule has 0 spiro atoms. The number of rotatable bonds is 1. The Labute approximate surface area is 102 Å². The van der Waals surface area contributed by atoms with E-state index in [0.717, 1.165) is 12.3 Å². The van der Waals surface area contributed by atoms with E-state index >= 15 is 0 Å². The molecule has 0 saturated carbocycles. The summed E-state index contributed by atoms with van der Waals surface area (Å²) in [6.07, 6.45) is -7.02. The summed E-state index contributed by atoms with van der Waals surface area (Å²) in [5, 5.41) is 0. The van der Waals surface area contributed by atoms with Gasteiger partial charge in [-0.2, -0.15) is 26.3 Å². The van der Waals surface area contributed by atoms with Gasteiger partial charge in [-0.05, 0) is 18.2 Å². The summed E-state index contributed by atoms with van der Waals surface area (Å²) in [6, 6.07) is 1.56. The van der Waals surface area contributed by atoms with E-state index in [-0.39, 0.29) is 11.5 Å². The van der Waals surface area contributed by atoms with Crippen LogP contribution in [0, 0.1) is 6.20 Å². The molecule has 2 aromatic rings. The third-order valence-electron chi connectivity index (χ3n) is 2.27. The number of nitrogens with zero attached hydrogens (tertiary/aromatic N) is 1. The molecule has 1 aromatic heterocycles. The molecule has 2 nitrogen and oxygen atoms in total. The van der Waals surface area contributed by atoms with Crippen LogP contribution in [0.15, 0.2) is 28.9 Å². The monoisotopic (exact) mass is 280 g/mol. The Morgan fingerprint density at radius 2 is 1.58 bits per heavy atom. The zero-order valence-electron chi connectivity index (χ0n) is 8.93. The zero-order chi connectivity index (χ0) is 14.3. The molecule has 0 saturated heterocycles. The Hall–Kier alpha value is -1.99. The first kappa shape index (κ1) is 13.4. The van der Waals surface area contributed by atoms with Crippen molar-refractivity contribution in [2.45, 2.75) is 12.4 Å². The van der Waals surface area contributed by atoms with Crippen LogP contribution in [-0.2, 0) is 12.4 Å². The lowest BCUT2D eigenvalue weighted by atomic mass is 10.0. The first-order chi connectivity index (χ1) is 8.69. The summed E-state index contributed by atoms with van der Waals surface area (Å²) >= 11 is 0. The van der Waals surface area contributed by atoms with Gasteiger partial charge >= 0.3 is 12.4 Å². The summed E-state index contributed by atoms with van der Waals surface area (Å²) < 4.78 is 80.1. The average molecular weight is 280 g/mol. The van der Waals surface area contributed by atoms with Gasteiger partial charge in [-0.1, -0.05) is 0 Å². The van der Waals surface area contributed by atoms with Crippen LogP contribution in [0.1, 0.15) is 11.1 Å². The minimum absolute atomic E-state index is 0.207. The summed E-state index contributed by atoms with van der Waals surface area (Å²) in [5.41, 5.74) is -3.74. The van der Waals surface area contributed by atoms with Gasteiger partial charge in [-0.3, -0.25) is 0 Å².